The number of rotatable bonds is 6. The standard InChI is InChI=1S/C57H35N3O/c1-2-15-36(16-3-1)42-22-9-12-27-49(42)56-58-55(41-21-14-20-39(33-41)53-35-40-19-6-13-28-52(40)61-53)59-57(60-56)50-32-31-47(45-25-10-11-26-46(45)50)54-44-24-8-5-18-38(44)34-51-43-23-7-4-17-37(43)29-30-48(51)54/h1-35H. The van der Waals surface area contributed by atoms with E-state index in [0.717, 1.165) is 60.9 Å². The molecule has 0 aliphatic carbocycles. The molecule has 4 nitrogen and oxygen atoms in total. The second-order valence-electron chi connectivity index (χ2n) is 15.5. The number of nitrogens with zero attached hydrogens (tertiary/aromatic N) is 3. The predicted octanol–water partition coefficient (Wildman–Crippen LogP) is 15.2. The Balaban J connectivity index is 1.09. The monoisotopic (exact) mass is 777 g/mol. The molecule has 0 aliphatic rings. The molecule has 4 heteroatoms. The molecule has 0 saturated carbocycles. The van der Waals surface area contributed by atoms with Gasteiger partial charge in [-0.2, -0.15) is 0 Å². The highest BCUT2D eigenvalue weighted by molar-refractivity contribution is 6.23. The van der Waals surface area contributed by atoms with Crippen LogP contribution in [0.25, 0.3) is 122 Å². The van der Waals surface area contributed by atoms with Gasteiger partial charge in [-0.3, -0.25) is 0 Å². The largest absolute Gasteiger partial charge is 0.456 e. The molecule has 0 aliphatic heterocycles. The number of benzene rings is 10. The van der Waals surface area contributed by atoms with Crippen LogP contribution in [-0.2, 0) is 0 Å². The molecule has 12 rings (SSSR count). The van der Waals surface area contributed by atoms with Crippen molar-refractivity contribution in [1.82, 2.24) is 15.0 Å². The zero-order chi connectivity index (χ0) is 40.3. The van der Waals surface area contributed by atoms with Gasteiger partial charge in [0.05, 0.1) is 0 Å². The van der Waals surface area contributed by atoms with Gasteiger partial charge in [-0.05, 0) is 95.7 Å². The topological polar surface area (TPSA) is 51.8 Å². The molecule has 0 fully saturated rings. The Morgan fingerprint density at radius 1 is 0.279 bits per heavy atom. The van der Waals surface area contributed by atoms with Crippen LogP contribution in [0, 0.1) is 0 Å². The molecule has 0 saturated heterocycles. The molecule has 0 spiro atoms. The minimum Gasteiger partial charge on any atom is -0.456 e. The molecule has 0 amide bonds. The first kappa shape index (κ1) is 34.8. The smallest absolute Gasteiger partial charge is 0.164 e. The van der Waals surface area contributed by atoms with Gasteiger partial charge in [0, 0.05) is 27.6 Å². The minimum absolute atomic E-state index is 0.584. The van der Waals surface area contributed by atoms with Gasteiger partial charge in [-0.1, -0.05) is 182 Å². The molecular formula is C57H35N3O. The van der Waals surface area contributed by atoms with Gasteiger partial charge >= 0.3 is 0 Å². The first-order chi connectivity index (χ1) is 30.2. The zero-order valence-corrected chi connectivity index (χ0v) is 33.0. The van der Waals surface area contributed by atoms with Gasteiger partial charge in [-0.15, -0.1) is 0 Å². The van der Waals surface area contributed by atoms with Crippen molar-refractivity contribution in [2.24, 2.45) is 0 Å². The Kier molecular flexibility index (Phi) is 8.13. The fourth-order valence-corrected chi connectivity index (χ4v) is 9.05. The van der Waals surface area contributed by atoms with Gasteiger partial charge in [0.2, 0.25) is 0 Å². The SMILES string of the molecule is c1ccc(-c2ccccc2-c2nc(-c3cccc(-c4cc5ccccc5o4)c3)nc(-c3ccc(-c4c5ccccc5cc5c4ccc4ccccc45)c4ccccc34)n2)cc1. The first-order valence-electron chi connectivity index (χ1n) is 20.6. The average molecular weight is 778 g/mol. The van der Waals surface area contributed by atoms with Crippen molar-refractivity contribution < 1.29 is 4.42 Å². The van der Waals surface area contributed by atoms with Crippen LogP contribution >= 0.6 is 0 Å². The summed E-state index contributed by atoms with van der Waals surface area (Å²) in [7, 11) is 0. The van der Waals surface area contributed by atoms with Crippen molar-refractivity contribution >= 4 is 54.1 Å². The number of aromatic nitrogens is 3. The van der Waals surface area contributed by atoms with Crippen molar-refractivity contribution in [2.45, 2.75) is 0 Å². The quantitative estimate of drug-likeness (QED) is 0.125. The number of para-hydroxylation sites is 1. The number of hydrogen-bond acceptors (Lipinski definition) is 4. The van der Waals surface area contributed by atoms with Crippen LogP contribution in [0.3, 0.4) is 0 Å². The van der Waals surface area contributed by atoms with Crippen molar-refractivity contribution in [2.75, 3.05) is 0 Å². The van der Waals surface area contributed by atoms with Crippen molar-refractivity contribution in [3.8, 4) is 67.7 Å². The molecule has 2 heterocycles. The van der Waals surface area contributed by atoms with Crippen LogP contribution in [0.5, 0.6) is 0 Å². The predicted molar refractivity (Wildman–Crippen MR) is 252 cm³/mol. The summed E-state index contributed by atoms with van der Waals surface area (Å²) in [5, 5.41) is 10.6. The Morgan fingerprint density at radius 3 is 1.69 bits per heavy atom. The average Bonchev–Trinajstić information content (AvgIpc) is 3.78. The minimum atomic E-state index is 0.584. The molecule has 10 aromatic carbocycles. The zero-order valence-electron chi connectivity index (χ0n) is 33.0. The third kappa shape index (κ3) is 5.96. The lowest BCUT2D eigenvalue weighted by Gasteiger charge is -2.17. The molecule has 0 radical (unpaired) electrons. The second kappa shape index (κ2) is 14.3. The number of hydrogen-bond donors (Lipinski definition) is 0. The Hall–Kier alpha value is -8.21. The Labute approximate surface area is 352 Å². The third-order valence-corrected chi connectivity index (χ3v) is 11.9. The van der Waals surface area contributed by atoms with E-state index in [0.29, 0.717) is 17.5 Å². The van der Waals surface area contributed by atoms with Gasteiger partial charge < -0.3 is 4.42 Å². The highest BCUT2D eigenvalue weighted by Gasteiger charge is 2.20. The summed E-state index contributed by atoms with van der Waals surface area (Å²) >= 11 is 0. The van der Waals surface area contributed by atoms with Gasteiger partial charge in [-0.25, -0.2) is 15.0 Å². The molecule has 0 unspecified atom stereocenters. The summed E-state index contributed by atoms with van der Waals surface area (Å²) in [6.45, 7) is 0. The van der Waals surface area contributed by atoms with Crippen LogP contribution < -0.4 is 0 Å². The van der Waals surface area contributed by atoms with Crippen molar-refractivity contribution in [1.29, 1.82) is 0 Å². The number of fused-ring (bicyclic) bond motifs is 6. The molecule has 2 aromatic heterocycles. The fraction of sp³-hybridized carbons (Fsp3) is 0. The highest BCUT2D eigenvalue weighted by atomic mass is 16.3. The third-order valence-electron chi connectivity index (χ3n) is 11.9. The lowest BCUT2D eigenvalue weighted by Crippen LogP contribution is -2.02. The summed E-state index contributed by atoms with van der Waals surface area (Å²) < 4.78 is 6.31. The lowest BCUT2D eigenvalue weighted by atomic mass is 9.87. The maximum atomic E-state index is 6.31. The fourth-order valence-electron chi connectivity index (χ4n) is 9.05. The normalized spacial score (nSPS) is 11.6. The van der Waals surface area contributed by atoms with E-state index >= 15 is 0 Å². The van der Waals surface area contributed by atoms with Crippen LogP contribution in [0.1, 0.15) is 0 Å². The molecule has 0 N–H and O–H groups in total. The molecule has 0 atom stereocenters. The van der Waals surface area contributed by atoms with Crippen LogP contribution in [0.15, 0.2) is 217 Å². The van der Waals surface area contributed by atoms with Gasteiger partial charge in [0.1, 0.15) is 11.3 Å². The van der Waals surface area contributed by atoms with Crippen LogP contribution in [-0.4, -0.2) is 15.0 Å². The molecular weight excluding hydrogens is 743 g/mol. The van der Waals surface area contributed by atoms with E-state index < -0.39 is 0 Å². The lowest BCUT2D eigenvalue weighted by molar-refractivity contribution is 0.631. The van der Waals surface area contributed by atoms with Crippen LogP contribution in [0.4, 0.5) is 0 Å². The molecule has 12 aromatic rings. The van der Waals surface area contributed by atoms with E-state index in [2.05, 4.69) is 182 Å². The summed E-state index contributed by atoms with van der Waals surface area (Å²) in [6, 6.07) is 74.7. The summed E-state index contributed by atoms with van der Waals surface area (Å²) in [6.07, 6.45) is 0. The van der Waals surface area contributed by atoms with Gasteiger partial charge in [0.15, 0.2) is 17.5 Å². The van der Waals surface area contributed by atoms with E-state index in [9.17, 15) is 0 Å². The molecule has 61 heavy (non-hydrogen) atoms. The van der Waals surface area contributed by atoms with Gasteiger partial charge in [0.25, 0.3) is 0 Å². The highest BCUT2D eigenvalue weighted by Crippen LogP contribution is 2.44. The Bertz CT molecular complexity index is 3630. The van der Waals surface area contributed by atoms with E-state index in [1.807, 2.05) is 30.3 Å². The molecule has 0 bridgehead atoms. The maximum Gasteiger partial charge on any atom is 0.164 e. The van der Waals surface area contributed by atoms with Crippen molar-refractivity contribution in [3.05, 3.63) is 212 Å². The van der Waals surface area contributed by atoms with E-state index in [1.165, 1.54) is 43.4 Å². The van der Waals surface area contributed by atoms with E-state index in [-0.39, 0.29) is 0 Å². The van der Waals surface area contributed by atoms with Crippen LogP contribution in [0.2, 0.25) is 0 Å². The van der Waals surface area contributed by atoms with E-state index in [1.54, 1.807) is 0 Å². The summed E-state index contributed by atoms with van der Waals surface area (Å²) in [4.78, 5) is 15.9. The van der Waals surface area contributed by atoms with Crippen molar-refractivity contribution in [3.63, 3.8) is 0 Å². The maximum absolute atomic E-state index is 6.31. The van der Waals surface area contributed by atoms with E-state index in [4.69, 9.17) is 19.4 Å². The first-order valence-corrected chi connectivity index (χ1v) is 20.6. The molecule has 284 valence electrons. The summed E-state index contributed by atoms with van der Waals surface area (Å²) in [5.74, 6) is 2.59. The second-order valence-corrected chi connectivity index (χ2v) is 15.5. The summed E-state index contributed by atoms with van der Waals surface area (Å²) in [5.41, 5.74) is 9.08. The Morgan fingerprint density at radius 2 is 0.869 bits per heavy atom. The number of furan rings is 1.